The number of fused-ring (bicyclic) bond motifs is 1. The molecule has 0 fully saturated rings. The summed E-state index contributed by atoms with van der Waals surface area (Å²) in [7, 11) is 0. The molecule has 0 saturated carbocycles. The summed E-state index contributed by atoms with van der Waals surface area (Å²) in [5.74, 6) is 5.74. The molecule has 1 amide bonds. The van der Waals surface area contributed by atoms with Gasteiger partial charge in [-0.05, 0) is 38.8 Å². The third-order valence-electron chi connectivity index (χ3n) is 2.26. The van der Waals surface area contributed by atoms with E-state index >= 15 is 0 Å². The van der Waals surface area contributed by atoms with Gasteiger partial charge in [-0.2, -0.15) is 5.10 Å². The topological polar surface area (TPSA) is 79.9 Å². The van der Waals surface area contributed by atoms with Gasteiger partial charge in [-0.25, -0.2) is 9.78 Å². The Morgan fingerprint density at radius 3 is 3.05 bits per heavy atom. The van der Waals surface area contributed by atoms with Crippen molar-refractivity contribution in [2.45, 2.75) is 26.4 Å². The predicted molar refractivity (Wildman–Crippen MR) is 75.0 cm³/mol. The number of pyridine rings is 1. The number of aromatic nitrogens is 3. The number of hydrogen-bond donors (Lipinski definition) is 2. The van der Waals surface area contributed by atoms with Crippen molar-refractivity contribution < 1.29 is 9.53 Å². The van der Waals surface area contributed by atoms with Gasteiger partial charge >= 0.3 is 6.09 Å². The minimum atomic E-state index is -0.511. The first-order valence-electron chi connectivity index (χ1n) is 6.20. The normalized spacial score (nSPS) is 10.8. The van der Waals surface area contributed by atoms with E-state index in [4.69, 9.17) is 4.74 Å². The molecule has 2 N–H and O–H groups in total. The maximum atomic E-state index is 11.4. The number of hydrogen-bond acceptors (Lipinski definition) is 4. The van der Waals surface area contributed by atoms with Crippen LogP contribution in [0.2, 0.25) is 0 Å². The molecule has 0 aliphatic carbocycles. The van der Waals surface area contributed by atoms with Gasteiger partial charge in [-0.1, -0.05) is 5.92 Å². The van der Waals surface area contributed by atoms with Crippen molar-refractivity contribution in [1.29, 1.82) is 0 Å². The first-order chi connectivity index (χ1) is 9.46. The van der Waals surface area contributed by atoms with Crippen LogP contribution in [0.4, 0.5) is 4.79 Å². The van der Waals surface area contributed by atoms with Crippen LogP contribution in [-0.4, -0.2) is 33.4 Å². The number of nitrogens with one attached hydrogen (secondary N) is 2. The number of aromatic amines is 1. The number of H-pyrrole nitrogens is 1. The van der Waals surface area contributed by atoms with Crippen LogP contribution in [-0.2, 0) is 4.74 Å². The molecule has 0 unspecified atom stereocenters. The van der Waals surface area contributed by atoms with Crippen molar-refractivity contribution in [1.82, 2.24) is 20.5 Å². The quantitative estimate of drug-likeness (QED) is 0.776. The first kappa shape index (κ1) is 13.9. The number of amides is 1. The van der Waals surface area contributed by atoms with E-state index in [0.29, 0.717) is 11.3 Å². The van der Waals surface area contributed by atoms with Gasteiger partial charge in [0.1, 0.15) is 11.3 Å². The van der Waals surface area contributed by atoms with Crippen LogP contribution in [0, 0.1) is 11.8 Å². The lowest BCUT2D eigenvalue weighted by Gasteiger charge is -2.18. The molecule has 2 heterocycles. The Labute approximate surface area is 116 Å². The summed E-state index contributed by atoms with van der Waals surface area (Å²) in [6.07, 6.45) is 1.19. The fraction of sp³-hybridized carbons (Fsp3) is 0.357. The number of carbonyl (C=O) groups is 1. The van der Waals surface area contributed by atoms with Gasteiger partial charge in [0.05, 0.1) is 11.9 Å². The summed E-state index contributed by atoms with van der Waals surface area (Å²) < 4.78 is 5.10. The Balaban J connectivity index is 1.94. The molecular formula is C14H16N4O2. The van der Waals surface area contributed by atoms with Crippen LogP contribution < -0.4 is 5.32 Å². The van der Waals surface area contributed by atoms with Gasteiger partial charge in [-0.15, -0.1) is 0 Å². The molecule has 6 nitrogen and oxygen atoms in total. The lowest BCUT2D eigenvalue weighted by Crippen LogP contribution is -2.32. The zero-order valence-corrected chi connectivity index (χ0v) is 11.7. The summed E-state index contributed by atoms with van der Waals surface area (Å²) in [6.45, 7) is 5.63. The average Bonchev–Trinajstić information content (AvgIpc) is 2.76. The standard InChI is InChI=1S/C14H16N4O2/c1-14(2,3)20-13(19)16-9-5-7-11-10-6-4-8-15-12(10)18-17-11/h4,6,8H,9H2,1-3H3,(H,16,19)(H,15,17,18). The van der Waals surface area contributed by atoms with Crippen LogP contribution in [0.1, 0.15) is 26.5 Å². The Kier molecular flexibility index (Phi) is 3.89. The highest BCUT2D eigenvalue weighted by molar-refractivity contribution is 5.80. The van der Waals surface area contributed by atoms with Crippen LogP contribution in [0.15, 0.2) is 18.3 Å². The third-order valence-corrected chi connectivity index (χ3v) is 2.26. The van der Waals surface area contributed by atoms with Crippen LogP contribution in [0.25, 0.3) is 11.0 Å². The van der Waals surface area contributed by atoms with Gasteiger partial charge in [0.2, 0.25) is 0 Å². The Morgan fingerprint density at radius 2 is 2.30 bits per heavy atom. The van der Waals surface area contributed by atoms with E-state index in [0.717, 1.165) is 5.39 Å². The summed E-state index contributed by atoms with van der Waals surface area (Å²) in [5, 5.41) is 10.3. The van der Waals surface area contributed by atoms with Crippen molar-refractivity contribution in [2.24, 2.45) is 0 Å². The maximum Gasteiger partial charge on any atom is 0.408 e. The highest BCUT2D eigenvalue weighted by Crippen LogP contribution is 2.10. The predicted octanol–water partition coefficient (Wildman–Crippen LogP) is 1.83. The minimum absolute atomic E-state index is 0.204. The molecule has 0 aliphatic heterocycles. The summed E-state index contributed by atoms with van der Waals surface area (Å²) in [5.41, 5.74) is 0.791. The second-order valence-corrected chi connectivity index (χ2v) is 5.13. The number of carbonyl (C=O) groups excluding carboxylic acids is 1. The molecule has 0 spiro atoms. The molecule has 2 rings (SSSR count). The number of rotatable bonds is 1. The second-order valence-electron chi connectivity index (χ2n) is 5.13. The third kappa shape index (κ3) is 3.72. The molecule has 0 atom stereocenters. The Hall–Kier alpha value is -2.55. The van der Waals surface area contributed by atoms with E-state index in [1.807, 2.05) is 32.9 Å². The molecule has 0 saturated heterocycles. The van der Waals surface area contributed by atoms with Gasteiger partial charge in [0, 0.05) is 6.20 Å². The zero-order chi connectivity index (χ0) is 14.6. The van der Waals surface area contributed by atoms with Crippen molar-refractivity contribution in [3.8, 4) is 11.8 Å². The lowest BCUT2D eigenvalue weighted by molar-refractivity contribution is 0.0535. The van der Waals surface area contributed by atoms with E-state index in [9.17, 15) is 4.79 Å². The highest BCUT2D eigenvalue weighted by Gasteiger charge is 2.15. The minimum Gasteiger partial charge on any atom is -0.444 e. The summed E-state index contributed by atoms with van der Waals surface area (Å²) in [6, 6.07) is 3.71. The van der Waals surface area contributed by atoms with Crippen molar-refractivity contribution in [3.05, 3.63) is 24.0 Å². The van der Waals surface area contributed by atoms with E-state index < -0.39 is 11.7 Å². The average molecular weight is 272 g/mol. The molecular weight excluding hydrogens is 256 g/mol. The highest BCUT2D eigenvalue weighted by atomic mass is 16.6. The van der Waals surface area contributed by atoms with Crippen LogP contribution in [0.5, 0.6) is 0 Å². The summed E-state index contributed by atoms with van der Waals surface area (Å²) >= 11 is 0. The Bertz CT molecular complexity index is 674. The molecule has 20 heavy (non-hydrogen) atoms. The molecule has 0 radical (unpaired) electrons. The smallest absolute Gasteiger partial charge is 0.408 e. The van der Waals surface area contributed by atoms with Crippen molar-refractivity contribution >= 4 is 17.1 Å². The SMILES string of the molecule is CC(C)(C)OC(=O)NCC#Cc1[nH]nc2ncccc12. The maximum absolute atomic E-state index is 11.4. The number of nitrogens with zero attached hydrogens (tertiary/aromatic N) is 2. The van der Waals surface area contributed by atoms with E-state index in [-0.39, 0.29) is 6.54 Å². The molecule has 2 aromatic rings. The molecule has 0 bridgehead atoms. The van der Waals surface area contributed by atoms with Crippen molar-refractivity contribution in [2.75, 3.05) is 6.54 Å². The monoisotopic (exact) mass is 272 g/mol. The Morgan fingerprint density at radius 1 is 1.50 bits per heavy atom. The van der Waals surface area contributed by atoms with E-state index in [1.54, 1.807) is 6.20 Å². The zero-order valence-electron chi connectivity index (χ0n) is 11.7. The second kappa shape index (κ2) is 5.61. The van der Waals surface area contributed by atoms with E-state index in [2.05, 4.69) is 32.3 Å². The molecule has 104 valence electrons. The largest absolute Gasteiger partial charge is 0.444 e. The van der Waals surface area contributed by atoms with Gasteiger partial charge in [-0.3, -0.25) is 5.10 Å². The summed E-state index contributed by atoms with van der Waals surface area (Å²) in [4.78, 5) is 15.5. The molecule has 0 aliphatic rings. The molecule has 6 heteroatoms. The molecule has 0 aromatic carbocycles. The number of ether oxygens (including phenoxy) is 1. The van der Waals surface area contributed by atoms with Gasteiger partial charge in [0.25, 0.3) is 0 Å². The lowest BCUT2D eigenvalue weighted by atomic mass is 10.2. The van der Waals surface area contributed by atoms with Crippen LogP contribution >= 0.6 is 0 Å². The molecule has 2 aromatic heterocycles. The van der Waals surface area contributed by atoms with Gasteiger partial charge in [0.15, 0.2) is 5.65 Å². The fourth-order valence-corrected chi connectivity index (χ4v) is 1.51. The number of alkyl carbamates (subject to hydrolysis) is 1. The fourth-order valence-electron chi connectivity index (χ4n) is 1.51. The first-order valence-corrected chi connectivity index (χ1v) is 6.20. The van der Waals surface area contributed by atoms with Gasteiger partial charge < -0.3 is 10.1 Å². The van der Waals surface area contributed by atoms with E-state index in [1.165, 1.54) is 0 Å². The van der Waals surface area contributed by atoms with Crippen LogP contribution in [0.3, 0.4) is 0 Å². The van der Waals surface area contributed by atoms with Crippen molar-refractivity contribution in [3.63, 3.8) is 0 Å².